The monoisotopic (exact) mass is 155 g/mol. The maximum Gasteiger partial charge on any atom is 0.0213 e. The molecule has 1 aliphatic heterocycles. The van der Waals surface area contributed by atoms with Crippen LogP contribution in [0.4, 0.5) is 0 Å². The van der Waals surface area contributed by atoms with Crippen molar-refractivity contribution in [3.63, 3.8) is 0 Å². The van der Waals surface area contributed by atoms with Gasteiger partial charge in [-0.15, -0.1) is 11.8 Å². The van der Waals surface area contributed by atoms with Crippen molar-refractivity contribution in [3.8, 4) is 0 Å². The van der Waals surface area contributed by atoms with E-state index in [0.29, 0.717) is 0 Å². The predicted molar refractivity (Wildman–Crippen MR) is 48.2 cm³/mol. The standard InChI is InChI=1S/C8H13NS/c1-3-8-6-9-4-5-10-7(8)2/h3,9H,2,4-6H2,1H3/b8-3-. The second kappa shape index (κ2) is 3.84. The number of nitrogens with one attached hydrogen (secondary N) is 1. The van der Waals surface area contributed by atoms with E-state index in [4.69, 9.17) is 0 Å². The van der Waals surface area contributed by atoms with E-state index in [2.05, 4.69) is 24.9 Å². The van der Waals surface area contributed by atoms with Crippen LogP contribution in [0.3, 0.4) is 0 Å². The Hall–Kier alpha value is -0.210. The molecule has 0 saturated carbocycles. The number of rotatable bonds is 0. The van der Waals surface area contributed by atoms with Crippen molar-refractivity contribution in [2.45, 2.75) is 6.92 Å². The third-order valence-corrected chi connectivity index (χ3v) is 2.60. The van der Waals surface area contributed by atoms with E-state index in [-0.39, 0.29) is 0 Å². The normalized spacial score (nSPS) is 24.9. The van der Waals surface area contributed by atoms with Crippen LogP contribution in [0.25, 0.3) is 0 Å². The average Bonchev–Trinajstić information content (AvgIpc) is 2.13. The molecule has 0 aromatic carbocycles. The summed E-state index contributed by atoms with van der Waals surface area (Å²) in [6.07, 6.45) is 2.13. The first-order chi connectivity index (χ1) is 4.84. The molecule has 0 aliphatic carbocycles. The highest BCUT2D eigenvalue weighted by molar-refractivity contribution is 8.03. The van der Waals surface area contributed by atoms with Crippen molar-refractivity contribution in [1.29, 1.82) is 0 Å². The maximum atomic E-state index is 3.98. The number of hydrogen-bond donors (Lipinski definition) is 1. The third-order valence-electron chi connectivity index (χ3n) is 1.58. The minimum atomic E-state index is 0.988. The highest BCUT2D eigenvalue weighted by Gasteiger charge is 2.05. The topological polar surface area (TPSA) is 12.0 Å². The zero-order chi connectivity index (χ0) is 7.40. The van der Waals surface area contributed by atoms with Crippen LogP contribution in [0, 0.1) is 0 Å². The fourth-order valence-corrected chi connectivity index (χ4v) is 1.79. The average molecular weight is 155 g/mol. The van der Waals surface area contributed by atoms with Crippen LogP contribution < -0.4 is 5.32 Å². The van der Waals surface area contributed by atoms with Gasteiger partial charge in [-0.1, -0.05) is 12.7 Å². The first-order valence-corrected chi connectivity index (χ1v) is 4.51. The van der Waals surface area contributed by atoms with Crippen LogP contribution in [0.1, 0.15) is 6.92 Å². The summed E-state index contributed by atoms with van der Waals surface area (Å²) in [7, 11) is 0. The second-order valence-corrected chi connectivity index (χ2v) is 3.45. The number of hydrogen-bond acceptors (Lipinski definition) is 2. The number of allylic oxidation sites excluding steroid dienone is 1. The van der Waals surface area contributed by atoms with Crippen LogP contribution >= 0.6 is 11.8 Å². The van der Waals surface area contributed by atoms with Crippen LogP contribution in [0.2, 0.25) is 0 Å². The molecule has 1 fully saturated rings. The Labute approximate surface area is 66.6 Å². The smallest absolute Gasteiger partial charge is 0.0213 e. The molecule has 1 heterocycles. The molecule has 0 bridgehead atoms. The van der Waals surface area contributed by atoms with Gasteiger partial charge >= 0.3 is 0 Å². The van der Waals surface area contributed by atoms with Crippen molar-refractivity contribution < 1.29 is 0 Å². The van der Waals surface area contributed by atoms with E-state index >= 15 is 0 Å². The summed E-state index contributed by atoms with van der Waals surface area (Å²) in [5.41, 5.74) is 1.35. The zero-order valence-corrected chi connectivity index (χ0v) is 7.13. The predicted octanol–water partition coefficient (Wildman–Crippen LogP) is 1.78. The lowest BCUT2D eigenvalue weighted by Gasteiger charge is -2.02. The van der Waals surface area contributed by atoms with E-state index in [9.17, 15) is 0 Å². The highest BCUT2D eigenvalue weighted by Crippen LogP contribution is 2.22. The Morgan fingerprint density at radius 3 is 3.20 bits per heavy atom. The molecule has 0 amide bonds. The SMILES string of the molecule is C=C1SCCNC/C1=C/C. The Bertz CT molecular complexity index is 161. The molecule has 0 radical (unpaired) electrons. The minimum Gasteiger partial charge on any atom is -0.312 e. The summed E-state index contributed by atoms with van der Waals surface area (Å²) in [5, 5.41) is 3.33. The van der Waals surface area contributed by atoms with Gasteiger partial charge in [-0.3, -0.25) is 0 Å². The van der Waals surface area contributed by atoms with Crippen LogP contribution in [0.15, 0.2) is 23.1 Å². The molecule has 0 spiro atoms. The molecule has 0 aromatic heterocycles. The molecule has 0 aromatic rings. The lowest BCUT2D eigenvalue weighted by molar-refractivity contribution is 0.797. The van der Waals surface area contributed by atoms with Crippen molar-refractivity contribution in [2.24, 2.45) is 0 Å². The lowest BCUT2D eigenvalue weighted by atomic mass is 10.2. The van der Waals surface area contributed by atoms with E-state index in [1.54, 1.807) is 0 Å². The van der Waals surface area contributed by atoms with E-state index in [0.717, 1.165) is 18.8 Å². The van der Waals surface area contributed by atoms with E-state index < -0.39 is 0 Å². The van der Waals surface area contributed by atoms with Crippen molar-refractivity contribution in [1.82, 2.24) is 5.32 Å². The molecule has 1 rings (SSSR count). The second-order valence-electron chi connectivity index (χ2n) is 2.26. The highest BCUT2D eigenvalue weighted by atomic mass is 32.2. The van der Waals surface area contributed by atoms with Gasteiger partial charge in [0.1, 0.15) is 0 Å². The molecule has 2 heteroatoms. The molecule has 1 saturated heterocycles. The van der Waals surface area contributed by atoms with E-state index in [1.165, 1.54) is 10.5 Å². The summed E-state index contributed by atoms with van der Waals surface area (Å²) in [6.45, 7) is 8.13. The van der Waals surface area contributed by atoms with Crippen molar-refractivity contribution >= 4 is 11.8 Å². The Morgan fingerprint density at radius 1 is 1.70 bits per heavy atom. The molecule has 0 unspecified atom stereocenters. The lowest BCUT2D eigenvalue weighted by Crippen LogP contribution is -2.16. The minimum absolute atomic E-state index is 0.988. The van der Waals surface area contributed by atoms with Crippen molar-refractivity contribution in [3.05, 3.63) is 23.1 Å². The largest absolute Gasteiger partial charge is 0.312 e. The molecule has 1 aliphatic rings. The molecule has 0 atom stereocenters. The van der Waals surface area contributed by atoms with Gasteiger partial charge in [0.15, 0.2) is 0 Å². The summed E-state index contributed by atoms with van der Waals surface area (Å²) in [4.78, 5) is 1.23. The fraction of sp³-hybridized carbons (Fsp3) is 0.500. The molecular weight excluding hydrogens is 142 g/mol. The van der Waals surface area contributed by atoms with Crippen LogP contribution in [-0.2, 0) is 0 Å². The van der Waals surface area contributed by atoms with E-state index in [1.807, 2.05) is 11.8 Å². The van der Waals surface area contributed by atoms with Crippen LogP contribution in [0.5, 0.6) is 0 Å². The van der Waals surface area contributed by atoms with Gasteiger partial charge < -0.3 is 5.32 Å². The summed E-state index contributed by atoms with van der Waals surface area (Å²) < 4.78 is 0. The Morgan fingerprint density at radius 2 is 2.50 bits per heavy atom. The zero-order valence-electron chi connectivity index (χ0n) is 6.31. The van der Waals surface area contributed by atoms with Crippen LogP contribution in [-0.4, -0.2) is 18.8 Å². The first kappa shape index (κ1) is 7.89. The molecule has 10 heavy (non-hydrogen) atoms. The summed E-state index contributed by atoms with van der Waals surface area (Å²) in [6, 6.07) is 0. The van der Waals surface area contributed by atoms with Gasteiger partial charge in [0.05, 0.1) is 0 Å². The van der Waals surface area contributed by atoms with Gasteiger partial charge in [0.25, 0.3) is 0 Å². The Balaban J connectivity index is 2.61. The fourth-order valence-electron chi connectivity index (χ4n) is 0.924. The number of thioether (sulfide) groups is 1. The molecule has 56 valence electrons. The molecular formula is C8H13NS. The van der Waals surface area contributed by atoms with Gasteiger partial charge in [-0.05, 0) is 12.5 Å². The summed E-state index contributed by atoms with van der Waals surface area (Å²) >= 11 is 1.85. The molecule has 1 N–H and O–H groups in total. The Kier molecular flexibility index (Phi) is 3.03. The van der Waals surface area contributed by atoms with Gasteiger partial charge in [-0.2, -0.15) is 0 Å². The molecule has 1 nitrogen and oxygen atoms in total. The first-order valence-electron chi connectivity index (χ1n) is 3.52. The van der Waals surface area contributed by atoms with Crippen molar-refractivity contribution in [2.75, 3.05) is 18.8 Å². The quantitative estimate of drug-likeness (QED) is 0.572. The van der Waals surface area contributed by atoms with Gasteiger partial charge in [0, 0.05) is 23.7 Å². The van der Waals surface area contributed by atoms with Gasteiger partial charge in [-0.25, -0.2) is 0 Å². The van der Waals surface area contributed by atoms with Gasteiger partial charge in [0.2, 0.25) is 0 Å². The maximum absolute atomic E-state index is 3.98. The summed E-state index contributed by atoms with van der Waals surface area (Å²) in [5.74, 6) is 1.15. The third kappa shape index (κ3) is 1.89.